The predicted octanol–water partition coefficient (Wildman–Crippen LogP) is 12.4. The summed E-state index contributed by atoms with van der Waals surface area (Å²) in [5.74, 6) is -1.48. The Bertz CT molecular complexity index is 1060. The number of quaternary nitrogens is 1. The Kier molecular flexibility index (Phi) is 37.2. The lowest BCUT2D eigenvalue weighted by atomic mass is 10.1. The minimum atomic E-state index is -0.877. The van der Waals surface area contributed by atoms with Crippen LogP contribution in [-0.4, -0.2) is 80.6 Å². The van der Waals surface area contributed by atoms with E-state index < -0.39 is 18.1 Å². The van der Waals surface area contributed by atoms with Crippen LogP contribution in [-0.2, 0) is 28.6 Å². The van der Waals surface area contributed by atoms with Crippen molar-refractivity contribution in [3.63, 3.8) is 0 Å². The van der Waals surface area contributed by atoms with Crippen LogP contribution in [0.4, 0.5) is 0 Å². The fourth-order valence-corrected chi connectivity index (χ4v) is 6.49. The van der Waals surface area contributed by atoms with Gasteiger partial charge in [-0.2, -0.15) is 0 Å². The van der Waals surface area contributed by atoms with Gasteiger partial charge in [-0.25, -0.2) is 4.79 Å². The Labute approximate surface area is 344 Å². The number of hydrogen-bond acceptors (Lipinski definition) is 6. The molecule has 8 nitrogen and oxygen atoms in total. The average molecular weight is 789 g/mol. The highest BCUT2D eigenvalue weighted by Crippen LogP contribution is 2.15. The first-order valence-corrected chi connectivity index (χ1v) is 22.7. The zero-order valence-corrected chi connectivity index (χ0v) is 36.8. The lowest BCUT2D eigenvalue weighted by Gasteiger charge is -2.31. The topological polar surface area (TPSA) is 99.1 Å². The van der Waals surface area contributed by atoms with E-state index in [-0.39, 0.29) is 36.2 Å². The van der Waals surface area contributed by atoms with Gasteiger partial charge in [0.05, 0.1) is 34.4 Å². The number of rotatable bonds is 40. The quantitative estimate of drug-likeness (QED) is 0.0286. The second-order valence-corrected chi connectivity index (χ2v) is 16.3. The van der Waals surface area contributed by atoms with E-state index in [1.165, 1.54) is 83.5 Å². The Morgan fingerprint density at radius 1 is 0.554 bits per heavy atom. The maximum Gasteiger partial charge on any atom is 0.362 e. The molecule has 2 atom stereocenters. The average Bonchev–Trinajstić information content (AvgIpc) is 3.15. The zero-order chi connectivity index (χ0) is 41.4. The normalized spacial score (nSPS) is 13.4. The molecule has 0 aliphatic carbocycles. The number of esters is 2. The summed E-state index contributed by atoms with van der Waals surface area (Å²) in [6.07, 6.45) is 45.8. The van der Waals surface area contributed by atoms with E-state index in [1.807, 2.05) is 21.1 Å². The highest BCUT2D eigenvalue weighted by molar-refractivity contribution is 5.72. The van der Waals surface area contributed by atoms with Gasteiger partial charge in [0, 0.05) is 19.3 Å². The zero-order valence-electron chi connectivity index (χ0n) is 36.8. The highest BCUT2D eigenvalue weighted by Gasteiger charge is 2.31. The molecule has 0 aliphatic rings. The van der Waals surface area contributed by atoms with Crippen LogP contribution in [0.1, 0.15) is 187 Å². The van der Waals surface area contributed by atoms with E-state index in [0.717, 1.165) is 70.6 Å². The van der Waals surface area contributed by atoms with Crippen LogP contribution >= 0.6 is 0 Å². The molecule has 0 saturated carbocycles. The lowest BCUT2D eigenvalue weighted by molar-refractivity contribution is -0.887. The van der Waals surface area contributed by atoms with E-state index in [0.29, 0.717) is 19.3 Å². The molecular weight excluding hydrogens is 703 g/mol. The van der Waals surface area contributed by atoms with E-state index >= 15 is 0 Å². The molecule has 2 unspecified atom stereocenters. The van der Waals surface area contributed by atoms with Crippen LogP contribution in [0, 0.1) is 0 Å². The fraction of sp³-hybridized carbons (Fsp3) is 0.771. The Morgan fingerprint density at radius 3 is 1.48 bits per heavy atom. The van der Waals surface area contributed by atoms with Crippen molar-refractivity contribution >= 4 is 17.9 Å². The summed E-state index contributed by atoms with van der Waals surface area (Å²) < 4.78 is 17.3. The number of carbonyl (C=O) groups excluding carboxylic acids is 2. The molecule has 0 aliphatic heterocycles. The molecule has 0 fully saturated rings. The van der Waals surface area contributed by atoms with Crippen molar-refractivity contribution in [2.24, 2.45) is 0 Å². The number of likely N-dealkylation sites (N-methyl/N-ethyl adjacent to an activating group) is 1. The monoisotopic (exact) mass is 789 g/mol. The van der Waals surface area contributed by atoms with E-state index in [4.69, 9.17) is 14.2 Å². The van der Waals surface area contributed by atoms with Gasteiger partial charge in [0.1, 0.15) is 6.61 Å². The van der Waals surface area contributed by atoms with Crippen molar-refractivity contribution in [1.29, 1.82) is 0 Å². The number of unbranched alkanes of at least 4 members (excludes halogenated alkanes) is 18. The largest absolute Gasteiger partial charge is 0.477 e. The number of aliphatic carboxylic acids is 1. The van der Waals surface area contributed by atoms with Gasteiger partial charge in [-0.15, -0.1) is 0 Å². The number of carboxylic acid groups (broad SMARTS) is 1. The molecule has 0 aromatic carbocycles. The third-order valence-electron chi connectivity index (χ3n) is 9.99. The second-order valence-electron chi connectivity index (χ2n) is 16.3. The molecule has 0 bridgehead atoms. The molecule has 0 saturated heterocycles. The molecular formula is C48H86NO7+. The van der Waals surface area contributed by atoms with Gasteiger partial charge in [0.25, 0.3) is 0 Å². The number of ether oxygens (including phenoxy) is 3. The van der Waals surface area contributed by atoms with Gasteiger partial charge in [0.15, 0.2) is 12.1 Å². The van der Waals surface area contributed by atoms with E-state index in [1.54, 1.807) is 0 Å². The molecule has 0 rings (SSSR count). The molecule has 324 valence electrons. The molecule has 0 spiro atoms. The number of carboxylic acids is 1. The van der Waals surface area contributed by atoms with Crippen LogP contribution in [0.2, 0.25) is 0 Å². The number of allylic oxidation sites excluding steroid dienone is 8. The van der Waals surface area contributed by atoms with Gasteiger partial charge in [-0.05, 0) is 51.4 Å². The number of carbonyl (C=O) groups is 3. The summed E-state index contributed by atoms with van der Waals surface area (Å²) in [7, 11) is 5.52. The van der Waals surface area contributed by atoms with Crippen molar-refractivity contribution in [2.45, 2.75) is 199 Å². The number of hydrogen-bond donors (Lipinski definition) is 1. The summed E-state index contributed by atoms with van der Waals surface area (Å²) in [6.45, 7) is 4.61. The molecule has 0 heterocycles. The SMILES string of the molecule is CC/C=C\C/C=C\C/C=C\C/C=C\CCCCCCCCCCC(=O)OC(COCCC(C(=O)O)[N+](C)(C)C)COC(=O)CCCCCCCCCCCCC. The van der Waals surface area contributed by atoms with Crippen molar-refractivity contribution in [2.75, 3.05) is 41.0 Å². The van der Waals surface area contributed by atoms with Gasteiger partial charge < -0.3 is 23.8 Å². The smallest absolute Gasteiger partial charge is 0.362 e. The molecule has 8 heteroatoms. The molecule has 56 heavy (non-hydrogen) atoms. The van der Waals surface area contributed by atoms with Crippen LogP contribution in [0.5, 0.6) is 0 Å². The lowest BCUT2D eigenvalue weighted by Crippen LogP contribution is -2.50. The maximum absolute atomic E-state index is 12.7. The summed E-state index contributed by atoms with van der Waals surface area (Å²) in [6, 6.07) is -0.615. The van der Waals surface area contributed by atoms with Gasteiger partial charge in [-0.1, -0.05) is 165 Å². The summed E-state index contributed by atoms with van der Waals surface area (Å²) in [4.78, 5) is 37.0. The van der Waals surface area contributed by atoms with Crippen LogP contribution in [0.25, 0.3) is 0 Å². The Hall–Kier alpha value is -2.71. The second kappa shape index (κ2) is 39.1. The standard InChI is InChI=1S/C48H85NO7/c1-6-8-10-12-14-16-18-19-20-21-22-23-24-25-26-27-29-31-33-35-37-39-47(51)56-44(42-54-41-40-45(48(52)53)49(3,4)5)43-55-46(50)38-36-34-32-30-28-17-15-13-11-9-7-2/h8,10,14,16,19-20,22-23,44-45H,6-7,9,11-13,15,17-18,21,24-43H2,1-5H3/p+1/b10-8-,16-14-,20-19-,23-22-. The van der Waals surface area contributed by atoms with Crippen molar-refractivity contribution in [1.82, 2.24) is 0 Å². The minimum absolute atomic E-state index is 0.0530. The molecule has 1 N–H and O–H groups in total. The van der Waals surface area contributed by atoms with Crippen LogP contribution in [0.3, 0.4) is 0 Å². The fourth-order valence-electron chi connectivity index (χ4n) is 6.49. The van der Waals surface area contributed by atoms with Crippen LogP contribution < -0.4 is 0 Å². The summed E-state index contributed by atoms with van der Waals surface area (Å²) in [5.41, 5.74) is 0. The summed E-state index contributed by atoms with van der Waals surface area (Å²) in [5, 5.41) is 9.62. The molecule has 0 aromatic rings. The van der Waals surface area contributed by atoms with Crippen molar-refractivity contribution < 1.29 is 38.2 Å². The minimum Gasteiger partial charge on any atom is -0.477 e. The maximum atomic E-state index is 12.7. The Balaban J connectivity index is 4.29. The first-order chi connectivity index (χ1) is 27.1. The molecule has 0 radical (unpaired) electrons. The van der Waals surface area contributed by atoms with Gasteiger partial charge >= 0.3 is 17.9 Å². The first kappa shape index (κ1) is 53.3. The van der Waals surface area contributed by atoms with Crippen molar-refractivity contribution in [3.05, 3.63) is 48.6 Å². The molecule has 0 aromatic heterocycles. The Morgan fingerprint density at radius 2 is 1.00 bits per heavy atom. The summed E-state index contributed by atoms with van der Waals surface area (Å²) >= 11 is 0. The third kappa shape index (κ3) is 36.9. The third-order valence-corrected chi connectivity index (χ3v) is 9.99. The van der Waals surface area contributed by atoms with Gasteiger partial charge in [-0.3, -0.25) is 9.59 Å². The van der Waals surface area contributed by atoms with Gasteiger partial charge in [0.2, 0.25) is 0 Å². The molecule has 0 amide bonds. The van der Waals surface area contributed by atoms with Crippen LogP contribution in [0.15, 0.2) is 48.6 Å². The first-order valence-electron chi connectivity index (χ1n) is 22.7. The van der Waals surface area contributed by atoms with Crippen molar-refractivity contribution in [3.8, 4) is 0 Å². The predicted molar refractivity (Wildman–Crippen MR) is 234 cm³/mol. The van der Waals surface area contributed by atoms with E-state index in [2.05, 4.69) is 62.5 Å². The highest BCUT2D eigenvalue weighted by atomic mass is 16.6. The van der Waals surface area contributed by atoms with E-state index in [9.17, 15) is 19.5 Å². The number of nitrogens with zero attached hydrogens (tertiary/aromatic N) is 1.